The van der Waals surface area contributed by atoms with E-state index in [1.807, 2.05) is 19.9 Å². The van der Waals surface area contributed by atoms with Crippen molar-refractivity contribution in [2.45, 2.75) is 117 Å². The highest BCUT2D eigenvalue weighted by Crippen LogP contribution is 2.69. The summed E-state index contributed by atoms with van der Waals surface area (Å²) < 4.78 is 5.39. The molecule has 6 atom stereocenters. The van der Waals surface area contributed by atoms with Gasteiger partial charge in [-0.1, -0.05) is 43.4 Å². The third-order valence-electron chi connectivity index (χ3n) is 9.97. The van der Waals surface area contributed by atoms with Crippen LogP contribution in [0, 0.1) is 28.1 Å². The maximum Gasteiger partial charge on any atom is 0.314 e. The van der Waals surface area contributed by atoms with Gasteiger partial charge in [-0.2, -0.15) is 0 Å². The number of ether oxygens (including phenoxy) is 1. The fourth-order valence-corrected chi connectivity index (χ4v) is 7.43. The topological polar surface area (TPSA) is 87.0 Å². The smallest absolute Gasteiger partial charge is 0.314 e. The minimum absolute atomic E-state index is 0.106. The van der Waals surface area contributed by atoms with E-state index in [0.717, 1.165) is 30.4 Å². The Labute approximate surface area is 223 Å². The number of hydrogen-bond acceptors (Lipinski definition) is 5. The minimum atomic E-state index is -0.989. The van der Waals surface area contributed by atoms with Crippen molar-refractivity contribution in [1.82, 2.24) is 0 Å². The first-order valence-corrected chi connectivity index (χ1v) is 14.3. The van der Waals surface area contributed by atoms with E-state index in [2.05, 4.69) is 31.7 Å². The highest BCUT2D eigenvalue weighted by molar-refractivity contribution is 5.77. The molecule has 5 nitrogen and oxygen atoms in total. The first kappa shape index (κ1) is 28.3. The molecule has 0 unspecified atom stereocenters. The molecule has 4 rings (SSSR count). The number of aliphatic hydroxyl groups excluding tert-OH is 3. The molecule has 0 spiro atoms. The molecular weight excluding hydrogens is 464 g/mol. The van der Waals surface area contributed by atoms with E-state index in [-0.39, 0.29) is 22.9 Å². The van der Waals surface area contributed by atoms with Gasteiger partial charge in [0.15, 0.2) is 0 Å². The van der Waals surface area contributed by atoms with Gasteiger partial charge in [0.1, 0.15) is 0 Å². The maximum absolute atomic E-state index is 12.6. The standard InChI is InChI=1S/C32H48O5/c1-20(2)37-29(36)30(4,5)28(35)13-15-32(16-17-32)27-12-11-25-22(8-7-14-31(25,27)6)9-10-23-18-24(33)19-26(34)21(23)3/h9-10,13,15,20,24-28,33-35H,3,7-8,11-12,14,16-19H2,1-2,4-6H3/t24-,25+,26+,27+,28+,31+/m1/s1. The van der Waals surface area contributed by atoms with E-state index >= 15 is 0 Å². The molecule has 5 heteroatoms. The van der Waals surface area contributed by atoms with Gasteiger partial charge in [0.25, 0.3) is 0 Å². The second-order valence-corrected chi connectivity index (χ2v) is 13.3. The lowest BCUT2D eigenvalue weighted by Gasteiger charge is -2.45. The van der Waals surface area contributed by atoms with Gasteiger partial charge >= 0.3 is 5.97 Å². The van der Waals surface area contributed by atoms with Crippen LogP contribution >= 0.6 is 0 Å². The summed E-state index contributed by atoms with van der Waals surface area (Å²) in [6, 6.07) is 0. The van der Waals surface area contributed by atoms with E-state index in [1.165, 1.54) is 31.3 Å². The monoisotopic (exact) mass is 512 g/mol. The molecule has 4 saturated carbocycles. The van der Waals surface area contributed by atoms with Gasteiger partial charge in [-0.3, -0.25) is 4.79 Å². The Morgan fingerprint density at radius 3 is 2.51 bits per heavy atom. The summed E-state index contributed by atoms with van der Waals surface area (Å²) in [4.78, 5) is 12.6. The lowest BCUT2D eigenvalue weighted by molar-refractivity contribution is -0.162. The SMILES string of the molecule is C=C1C(=CC=C2CCC[C@]3(C)[C@@H](C4(C=C[C@H](O)C(C)(C)C(=O)OC(C)C)CC4)CC[C@@H]23)C[C@@H](O)C[C@@H]1O. The van der Waals surface area contributed by atoms with Crippen LogP contribution in [0.2, 0.25) is 0 Å². The number of rotatable bonds is 7. The number of allylic oxidation sites excluding steroid dienone is 4. The van der Waals surface area contributed by atoms with E-state index in [4.69, 9.17) is 4.74 Å². The van der Waals surface area contributed by atoms with Crippen LogP contribution in [-0.2, 0) is 9.53 Å². The number of carbonyl (C=O) groups is 1. The molecule has 0 radical (unpaired) electrons. The Kier molecular flexibility index (Phi) is 8.01. The van der Waals surface area contributed by atoms with Crippen LogP contribution in [0.15, 0.2) is 47.6 Å². The molecule has 4 fully saturated rings. The Bertz CT molecular complexity index is 981. The Morgan fingerprint density at radius 1 is 1.16 bits per heavy atom. The van der Waals surface area contributed by atoms with Crippen molar-refractivity contribution in [2.75, 3.05) is 0 Å². The van der Waals surface area contributed by atoms with Crippen LogP contribution in [0.5, 0.6) is 0 Å². The second-order valence-electron chi connectivity index (χ2n) is 13.3. The van der Waals surface area contributed by atoms with Crippen molar-refractivity contribution in [2.24, 2.45) is 28.1 Å². The average Bonchev–Trinajstić information content (AvgIpc) is 3.51. The van der Waals surface area contributed by atoms with Gasteiger partial charge in [-0.15, -0.1) is 0 Å². The zero-order valence-corrected chi connectivity index (χ0v) is 23.5. The molecule has 3 N–H and O–H groups in total. The Hall–Kier alpha value is -1.69. The first-order chi connectivity index (χ1) is 17.3. The highest BCUT2D eigenvalue weighted by atomic mass is 16.5. The number of carbonyl (C=O) groups excluding carboxylic acids is 1. The van der Waals surface area contributed by atoms with Crippen LogP contribution in [0.3, 0.4) is 0 Å². The van der Waals surface area contributed by atoms with Gasteiger partial charge in [0, 0.05) is 6.42 Å². The van der Waals surface area contributed by atoms with E-state index in [0.29, 0.717) is 24.7 Å². The van der Waals surface area contributed by atoms with Crippen LogP contribution in [-0.4, -0.2) is 45.7 Å². The molecule has 4 aliphatic rings. The fraction of sp³-hybridized carbons (Fsp3) is 0.719. The molecule has 0 aliphatic heterocycles. The largest absolute Gasteiger partial charge is 0.462 e. The van der Waals surface area contributed by atoms with Gasteiger partial charge < -0.3 is 20.1 Å². The Morgan fingerprint density at radius 2 is 1.86 bits per heavy atom. The predicted molar refractivity (Wildman–Crippen MR) is 147 cm³/mol. The summed E-state index contributed by atoms with van der Waals surface area (Å²) in [5.41, 5.74) is 2.53. The normalized spacial score (nSPS) is 36.8. The minimum Gasteiger partial charge on any atom is -0.462 e. The molecule has 4 aliphatic carbocycles. The molecule has 206 valence electrons. The molecule has 0 aromatic heterocycles. The molecular formula is C32H48O5. The molecule has 0 aromatic carbocycles. The predicted octanol–water partition coefficient (Wildman–Crippen LogP) is 5.80. The van der Waals surface area contributed by atoms with Crippen LogP contribution in [0.1, 0.15) is 92.4 Å². The number of esters is 1. The van der Waals surface area contributed by atoms with Gasteiger partial charge in [-0.25, -0.2) is 0 Å². The quantitative estimate of drug-likeness (QED) is 0.296. The average molecular weight is 513 g/mol. The maximum atomic E-state index is 12.6. The summed E-state index contributed by atoms with van der Waals surface area (Å²) in [6.07, 6.45) is 15.2. The number of fused-ring (bicyclic) bond motifs is 1. The van der Waals surface area contributed by atoms with Crippen molar-refractivity contribution in [1.29, 1.82) is 0 Å². The fourth-order valence-electron chi connectivity index (χ4n) is 7.43. The van der Waals surface area contributed by atoms with Crippen LogP contribution in [0.25, 0.3) is 0 Å². The van der Waals surface area contributed by atoms with Crippen LogP contribution < -0.4 is 0 Å². The van der Waals surface area contributed by atoms with E-state index < -0.39 is 23.7 Å². The third kappa shape index (κ3) is 5.55. The summed E-state index contributed by atoms with van der Waals surface area (Å²) >= 11 is 0. The molecule has 0 bridgehead atoms. The lowest BCUT2D eigenvalue weighted by atomic mass is 9.60. The molecule has 0 amide bonds. The first-order valence-electron chi connectivity index (χ1n) is 14.3. The summed E-state index contributed by atoms with van der Waals surface area (Å²) in [7, 11) is 0. The second kappa shape index (κ2) is 10.5. The van der Waals surface area contributed by atoms with E-state index in [9.17, 15) is 20.1 Å². The number of aliphatic hydroxyl groups is 3. The zero-order valence-electron chi connectivity index (χ0n) is 23.5. The lowest BCUT2D eigenvalue weighted by Crippen LogP contribution is -2.39. The van der Waals surface area contributed by atoms with Crippen molar-refractivity contribution >= 4 is 5.97 Å². The van der Waals surface area contributed by atoms with Crippen LogP contribution in [0.4, 0.5) is 0 Å². The highest BCUT2D eigenvalue weighted by Gasteiger charge is 2.60. The number of hydrogen-bond donors (Lipinski definition) is 3. The van der Waals surface area contributed by atoms with Gasteiger partial charge in [0.05, 0.1) is 29.8 Å². The third-order valence-corrected chi connectivity index (χ3v) is 9.97. The van der Waals surface area contributed by atoms with Gasteiger partial charge in [0.2, 0.25) is 0 Å². The van der Waals surface area contributed by atoms with E-state index in [1.54, 1.807) is 13.8 Å². The van der Waals surface area contributed by atoms with Crippen molar-refractivity contribution in [3.8, 4) is 0 Å². The van der Waals surface area contributed by atoms with Gasteiger partial charge in [-0.05, 0) is 113 Å². The van der Waals surface area contributed by atoms with Crippen molar-refractivity contribution in [3.63, 3.8) is 0 Å². The summed E-state index contributed by atoms with van der Waals surface area (Å²) in [5, 5.41) is 31.3. The summed E-state index contributed by atoms with van der Waals surface area (Å²) in [6.45, 7) is 13.7. The molecule has 0 aromatic rings. The molecule has 0 heterocycles. The molecule has 37 heavy (non-hydrogen) atoms. The van der Waals surface area contributed by atoms with Crippen molar-refractivity contribution in [3.05, 3.63) is 47.6 Å². The van der Waals surface area contributed by atoms with Crippen molar-refractivity contribution < 1.29 is 24.9 Å². The Balaban J connectivity index is 1.50. The molecule has 0 saturated heterocycles. The summed E-state index contributed by atoms with van der Waals surface area (Å²) in [5.74, 6) is 0.723. The zero-order chi connectivity index (χ0) is 27.2.